The summed E-state index contributed by atoms with van der Waals surface area (Å²) in [5.74, 6) is 0.352. The van der Waals surface area contributed by atoms with E-state index in [1.807, 2.05) is 11.0 Å². The van der Waals surface area contributed by atoms with Crippen molar-refractivity contribution < 1.29 is 19.7 Å². The summed E-state index contributed by atoms with van der Waals surface area (Å²) >= 11 is 0. The lowest BCUT2D eigenvalue weighted by molar-refractivity contribution is -0.147. The molecule has 1 fully saturated rings. The Morgan fingerprint density at radius 1 is 1.24 bits per heavy atom. The van der Waals surface area contributed by atoms with E-state index in [4.69, 9.17) is 14.9 Å². The molecule has 0 heterocycles. The SMILES string of the molecule is O=C(CCN(CCO)CCO)OC1CCC2CC=CC=C21. The van der Waals surface area contributed by atoms with Crippen LogP contribution < -0.4 is 0 Å². The minimum atomic E-state index is -0.197. The Morgan fingerprint density at radius 3 is 2.71 bits per heavy atom. The molecule has 0 bridgehead atoms. The highest BCUT2D eigenvalue weighted by Crippen LogP contribution is 2.38. The highest BCUT2D eigenvalue weighted by atomic mass is 16.5. The van der Waals surface area contributed by atoms with Gasteiger partial charge in [0.15, 0.2) is 0 Å². The van der Waals surface area contributed by atoms with Crippen LogP contribution in [-0.2, 0) is 9.53 Å². The number of ether oxygens (including phenoxy) is 1. The van der Waals surface area contributed by atoms with Crippen LogP contribution in [0, 0.1) is 5.92 Å². The Hall–Kier alpha value is -1.17. The molecule has 2 unspecified atom stereocenters. The minimum Gasteiger partial charge on any atom is -0.458 e. The molecule has 0 aliphatic heterocycles. The van der Waals surface area contributed by atoms with Gasteiger partial charge in [-0.1, -0.05) is 18.2 Å². The zero-order chi connectivity index (χ0) is 15.1. The molecule has 2 atom stereocenters. The maximum Gasteiger partial charge on any atom is 0.307 e. The number of rotatable bonds is 8. The second-order valence-electron chi connectivity index (χ2n) is 5.62. The second-order valence-corrected chi connectivity index (χ2v) is 5.62. The van der Waals surface area contributed by atoms with Crippen molar-refractivity contribution in [1.29, 1.82) is 0 Å². The number of carbonyl (C=O) groups excluding carboxylic acids is 1. The zero-order valence-electron chi connectivity index (χ0n) is 12.4. The second kappa shape index (κ2) is 8.32. The first-order valence-corrected chi connectivity index (χ1v) is 7.74. The van der Waals surface area contributed by atoms with E-state index >= 15 is 0 Å². The molecule has 118 valence electrons. The quantitative estimate of drug-likeness (QED) is 0.650. The van der Waals surface area contributed by atoms with Gasteiger partial charge in [0.05, 0.1) is 19.6 Å². The van der Waals surface area contributed by atoms with Crippen molar-refractivity contribution in [3.05, 3.63) is 23.8 Å². The van der Waals surface area contributed by atoms with E-state index in [0.29, 0.717) is 32.0 Å². The summed E-state index contributed by atoms with van der Waals surface area (Å²) in [7, 11) is 0. The maximum absolute atomic E-state index is 12.0. The van der Waals surface area contributed by atoms with Gasteiger partial charge in [0.2, 0.25) is 0 Å². The van der Waals surface area contributed by atoms with Gasteiger partial charge in [-0.2, -0.15) is 0 Å². The predicted molar refractivity (Wildman–Crippen MR) is 79.7 cm³/mol. The fraction of sp³-hybridized carbons (Fsp3) is 0.688. The van der Waals surface area contributed by atoms with Crippen LogP contribution in [-0.4, -0.2) is 60.0 Å². The topological polar surface area (TPSA) is 70.0 Å². The molecule has 0 aromatic rings. The van der Waals surface area contributed by atoms with Crippen LogP contribution in [0.3, 0.4) is 0 Å². The van der Waals surface area contributed by atoms with Crippen LogP contribution >= 0.6 is 0 Å². The number of hydrogen-bond acceptors (Lipinski definition) is 5. The number of aliphatic hydroxyl groups excluding tert-OH is 2. The molecule has 2 N–H and O–H groups in total. The van der Waals surface area contributed by atoms with Gasteiger partial charge in [0.25, 0.3) is 0 Å². The minimum absolute atomic E-state index is 0.0264. The summed E-state index contributed by atoms with van der Waals surface area (Å²) in [5.41, 5.74) is 1.26. The maximum atomic E-state index is 12.0. The molecule has 1 saturated carbocycles. The number of nitrogens with zero attached hydrogens (tertiary/aromatic N) is 1. The molecule has 0 saturated heterocycles. The summed E-state index contributed by atoms with van der Waals surface area (Å²) in [6.45, 7) is 1.50. The Morgan fingerprint density at radius 2 is 2.00 bits per heavy atom. The number of esters is 1. The molecule has 2 rings (SSSR count). The van der Waals surface area contributed by atoms with E-state index in [1.165, 1.54) is 5.57 Å². The van der Waals surface area contributed by atoms with Gasteiger partial charge >= 0.3 is 5.97 Å². The van der Waals surface area contributed by atoms with Crippen molar-refractivity contribution in [2.24, 2.45) is 5.92 Å². The van der Waals surface area contributed by atoms with Crippen molar-refractivity contribution in [2.45, 2.75) is 31.8 Å². The van der Waals surface area contributed by atoms with E-state index in [1.54, 1.807) is 0 Å². The molecule has 5 nitrogen and oxygen atoms in total. The molecule has 2 aliphatic carbocycles. The first kappa shape index (κ1) is 16.2. The Labute approximate surface area is 125 Å². The molecular weight excluding hydrogens is 270 g/mol. The largest absolute Gasteiger partial charge is 0.458 e. The van der Waals surface area contributed by atoms with Gasteiger partial charge in [-0.15, -0.1) is 0 Å². The molecule has 0 radical (unpaired) electrons. The molecule has 0 aromatic carbocycles. The fourth-order valence-electron chi connectivity index (χ4n) is 3.08. The zero-order valence-corrected chi connectivity index (χ0v) is 12.4. The van der Waals surface area contributed by atoms with Gasteiger partial charge in [-0.3, -0.25) is 9.69 Å². The lowest BCUT2D eigenvalue weighted by Gasteiger charge is -2.21. The third kappa shape index (κ3) is 4.66. The molecule has 21 heavy (non-hydrogen) atoms. The predicted octanol–water partition coefficient (Wildman–Crippen LogP) is 0.871. The van der Waals surface area contributed by atoms with Crippen molar-refractivity contribution in [3.8, 4) is 0 Å². The van der Waals surface area contributed by atoms with Gasteiger partial charge in [-0.05, 0) is 30.8 Å². The fourth-order valence-corrected chi connectivity index (χ4v) is 3.08. The standard InChI is InChI=1S/C16H25NO4/c18-11-9-17(10-12-19)8-7-16(20)21-15-6-5-13-3-1-2-4-14(13)15/h1-2,4,13,15,18-19H,3,5-12H2. The average molecular weight is 295 g/mol. The van der Waals surface area contributed by atoms with Crippen LogP contribution in [0.1, 0.15) is 25.7 Å². The van der Waals surface area contributed by atoms with Crippen LogP contribution in [0.5, 0.6) is 0 Å². The Bertz CT molecular complexity index is 399. The van der Waals surface area contributed by atoms with Crippen LogP contribution in [0.2, 0.25) is 0 Å². The summed E-state index contributed by atoms with van der Waals surface area (Å²) in [6.07, 6.45) is 9.60. The van der Waals surface area contributed by atoms with Crippen molar-refractivity contribution >= 4 is 5.97 Å². The first-order valence-electron chi connectivity index (χ1n) is 7.74. The molecule has 0 aromatic heterocycles. The Balaban J connectivity index is 1.76. The van der Waals surface area contributed by atoms with E-state index in [2.05, 4.69) is 12.2 Å². The number of aliphatic hydroxyl groups is 2. The van der Waals surface area contributed by atoms with Crippen molar-refractivity contribution in [2.75, 3.05) is 32.8 Å². The van der Waals surface area contributed by atoms with Gasteiger partial charge in [-0.25, -0.2) is 0 Å². The lowest BCUT2D eigenvalue weighted by atomic mass is 9.94. The monoisotopic (exact) mass is 295 g/mol. The van der Waals surface area contributed by atoms with E-state index in [9.17, 15) is 4.79 Å². The highest BCUT2D eigenvalue weighted by molar-refractivity contribution is 5.70. The molecule has 5 heteroatoms. The van der Waals surface area contributed by atoms with Crippen LogP contribution in [0.25, 0.3) is 0 Å². The average Bonchev–Trinajstić information content (AvgIpc) is 2.89. The van der Waals surface area contributed by atoms with Crippen molar-refractivity contribution in [3.63, 3.8) is 0 Å². The third-order valence-electron chi connectivity index (χ3n) is 4.20. The number of carbonyl (C=O) groups is 1. The third-order valence-corrected chi connectivity index (χ3v) is 4.20. The smallest absolute Gasteiger partial charge is 0.307 e. The van der Waals surface area contributed by atoms with E-state index in [0.717, 1.165) is 19.3 Å². The van der Waals surface area contributed by atoms with Crippen LogP contribution in [0.15, 0.2) is 23.8 Å². The summed E-state index contributed by atoms with van der Waals surface area (Å²) < 4.78 is 5.59. The summed E-state index contributed by atoms with van der Waals surface area (Å²) in [5, 5.41) is 17.9. The molecule has 0 spiro atoms. The number of allylic oxidation sites excluding steroid dienone is 3. The normalized spacial score (nSPS) is 24.0. The van der Waals surface area contributed by atoms with Crippen LogP contribution in [0.4, 0.5) is 0 Å². The van der Waals surface area contributed by atoms with Gasteiger partial charge in [0, 0.05) is 19.6 Å². The van der Waals surface area contributed by atoms with E-state index < -0.39 is 0 Å². The molecule has 0 amide bonds. The highest BCUT2D eigenvalue weighted by Gasteiger charge is 2.32. The molecule has 2 aliphatic rings. The Kier molecular flexibility index (Phi) is 6.42. The lowest BCUT2D eigenvalue weighted by Crippen LogP contribution is -2.32. The first-order chi connectivity index (χ1) is 10.2. The van der Waals surface area contributed by atoms with Gasteiger partial charge < -0.3 is 14.9 Å². The number of fused-ring (bicyclic) bond motifs is 1. The van der Waals surface area contributed by atoms with Gasteiger partial charge in [0.1, 0.15) is 6.10 Å². The molecular formula is C16H25NO4. The number of hydrogen-bond donors (Lipinski definition) is 2. The summed E-state index contributed by atoms with van der Waals surface area (Å²) in [6, 6.07) is 0. The van der Waals surface area contributed by atoms with Crippen molar-refractivity contribution in [1.82, 2.24) is 4.90 Å². The summed E-state index contributed by atoms with van der Waals surface area (Å²) in [4.78, 5) is 13.8. The van der Waals surface area contributed by atoms with E-state index in [-0.39, 0.29) is 25.3 Å².